The zero-order valence-corrected chi connectivity index (χ0v) is 10.0. The van der Waals surface area contributed by atoms with Gasteiger partial charge < -0.3 is 5.73 Å². The van der Waals surface area contributed by atoms with Crippen LogP contribution < -0.4 is 5.73 Å². The quantitative estimate of drug-likeness (QED) is 0.757. The van der Waals surface area contributed by atoms with E-state index in [-0.39, 0.29) is 11.9 Å². The molecule has 1 nitrogen and oxygen atoms in total. The van der Waals surface area contributed by atoms with Gasteiger partial charge in [-0.15, -0.1) is 0 Å². The Bertz CT molecular complexity index is 383. The highest BCUT2D eigenvalue weighted by molar-refractivity contribution is 7.99. The van der Waals surface area contributed by atoms with Crippen LogP contribution in [0.2, 0.25) is 5.02 Å². The smallest absolute Gasteiger partial charge is 0.129 e. The topological polar surface area (TPSA) is 26.0 Å². The van der Waals surface area contributed by atoms with Crippen molar-refractivity contribution in [3.63, 3.8) is 0 Å². The number of benzene rings is 1. The first kappa shape index (κ1) is 11.2. The molecule has 0 aromatic heterocycles. The summed E-state index contributed by atoms with van der Waals surface area (Å²) >= 11 is 7.58. The van der Waals surface area contributed by atoms with Gasteiger partial charge in [0.1, 0.15) is 5.82 Å². The lowest BCUT2D eigenvalue weighted by Gasteiger charge is -2.14. The molecule has 2 rings (SSSR count). The van der Waals surface area contributed by atoms with Crippen LogP contribution in [0.25, 0.3) is 0 Å². The van der Waals surface area contributed by atoms with E-state index in [2.05, 4.69) is 6.92 Å². The van der Waals surface area contributed by atoms with Crippen LogP contribution in [0.1, 0.15) is 30.5 Å². The Hall–Kier alpha value is -0.250. The van der Waals surface area contributed by atoms with Crippen LogP contribution >= 0.6 is 23.4 Å². The van der Waals surface area contributed by atoms with E-state index in [9.17, 15) is 4.39 Å². The average molecular weight is 246 g/mol. The number of hydrogen-bond donors (Lipinski definition) is 1. The van der Waals surface area contributed by atoms with Gasteiger partial charge in [0.2, 0.25) is 0 Å². The molecular formula is C11H13ClFNS. The van der Waals surface area contributed by atoms with E-state index in [1.807, 2.05) is 0 Å². The van der Waals surface area contributed by atoms with Crippen LogP contribution in [0, 0.1) is 5.82 Å². The van der Waals surface area contributed by atoms with E-state index in [1.54, 1.807) is 17.8 Å². The number of thioether (sulfide) groups is 1. The number of nitrogens with two attached hydrogens (primary N) is 1. The minimum atomic E-state index is -0.227. The average Bonchev–Trinajstić information content (AvgIpc) is 2.27. The Labute approximate surface area is 98.2 Å². The maximum Gasteiger partial charge on any atom is 0.129 e. The summed E-state index contributed by atoms with van der Waals surface area (Å²) in [6.45, 7) is 2.12. The molecular weight excluding hydrogens is 233 g/mol. The van der Waals surface area contributed by atoms with E-state index in [4.69, 9.17) is 17.3 Å². The first-order chi connectivity index (χ1) is 7.08. The van der Waals surface area contributed by atoms with Gasteiger partial charge in [-0.05, 0) is 24.1 Å². The molecule has 0 bridgehead atoms. The summed E-state index contributed by atoms with van der Waals surface area (Å²) in [6, 6.07) is 3.06. The highest BCUT2D eigenvalue weighted by Crippen LogP contribution is 2.36. The van der Waals surface area contributed by atoms with Crippen molar-refractivity contribution in [1.29, 1.82) is 0 Å². The minimum Gasteiger partial charge on any atom is -0.324 e. The van der Waals surface area contributed by atoms with Gasteiger partial charge in [0, 0.05) is 27.6 Å². The molecule has 0 saturated carbocycles. The van der Waals surface area contributed by atoms with E-state index >= 15 is 0 Å². The van der Waals surface area contributed by atoms with Crippen molar-refractivity contribution >= 4 is 23.4 Å². The lowest BCUT2D eigenvalue weighted by molar-refractivity contribution is 0.601. The van der Waals surface area contributed by atoms with Gasteiger partial charge in [-0.25, -0.2) is 4.39 Å². The van der Waals surface area contributed by atoms with Crippen LogP contribution in [0.15, 0.2) is 12.1 Å². The maximum absolute atomic E-state index is 13.7. The van der Waals surface area contributed by atoms with Gasteiger partial charge >= 0.3 is 0 Å². The van der Waals surface area contributed by atoms with Crippen molar-refractivity contribution in [2.75, 3.05) is 0 Å². The first-order valence-corrected chi connectivity index (χ1v) is 6.35. The molecule has 2 atom stereocenters. The molecule has 82 valence electrons. The predicted molar refractivity (Wildman–Crippen MR) is 63.7 cm³/mol. The normalized spacial score (nSPS) is 25.9. The lowest BCUT2D eigenvalue weighted by atomic mass is 9.98. The van der Waals surface area contributed by atoms with Crippen molar-refractivity contribution in [2.24, 2.45) is 5.73 Å². The zero-order chi connectivity index (χ0) is 11.0. The van der Waals surface area contributed by atoms with E-state index < -0.39 is 0 Å². The number of hydrogen-bond acceptors (Lipinski definition) is 2. The highest BCUT2D eigenvalue weighted by atomic mass is 35.5. The molecule has 1 heterocycles. The van der Waals surface area contributed by atoms with Gasteiger partial charge in [0.15, 0.2) is 0 Å². The Kier molecular flexibility index (Phi) is 3.24. The summed E-state index contributed by atoms with van der Waals surface area (Å²) in [5, 5.41) is 0.895. The maximum atomic E-state index is 13.7. The molecule has 1 aliphatic rings. The van der Waals surface area contributed by atoms with Crippen LogP contribution in [-0.4, -0.2) is 5.25 Å². The summed E-state index contributed by atoms with van der Waals surface area (Å²) < 4.78 is 13.7. The van der Waals surface area contributed by atoms with Gasteiger partial charge in [-0.2, -0.15) is 11.8 Å². The molecule has 2 unspecified atom stereocenters. The van der Waals surface area contributed by atoms with Crippen molar-refractivity contribution in [1.82, 2.24) is 0 Å². The minimum absolute atomic E-state index is 0.0989. The second-order valence-electron chi connectivity index (χ2n) is 3.92. The Morgan fingerprint density at radius 2 is 2.27 bits per heavy atom. The van der Waals surface area contributed by atoms with Crippen molar-refractivity contribution in [3.8, 4) is 0 Å². The molecule has 0 amide bonds. The molecule has 4 heteroatoms. The van der Waals surface area contributed by atoms with Gasteiger partial charge in [0.25, 0.3) is 0 Å². The fourth-order valence-corrected chi connectivity index (χ4v) is 3.20. The molecule has 1 aromatic carbocycles. The summed E-state index contributed by atoms with van der Waals surface area (Å²) in [5.41, 5.74) is 7.63. The predicted octanol–water partition coefficient (Wildman–Crippen LogP) is 3.50. The van der Waals surface area contributed by atoms with Crippen molar-refractivity contribution in [2.45, 2.75) is 30.4 Å². The number of rotatable bonds is 0. The third-order valence-corrected chi connectivity index (χ3v) is 4.13. The van der Waals surface area contributed by atoms with Crippen LogP contribution in [-0.2, 0) is 5.75 Å². The zero-order valence-electron chi connectivity index (χ0n) is 8.47. The largest absolute Gasteiger partial charge is 0.324 e. The summed E-state index contributed by atoms with van der Waals surface area (Å²) in [4.78, 5) is 0. The van der Waals surface area contributed by atoms with E-state index in [0.29, 0.717) is 16.0 Å². The number of halogens is 2. The fraction of sp³-hybridized carbons (Fsp3) is 0.455. The molecule has 15 heavy (non-hydrogen) atoms. The molecule has 0 fully saturated rings. The van der Waals surface area contributed by atoms with Crippen LogP contribution in [0.5, 0.6) is 0 Å². The fourth-order valence-electron chi connectivity index (χ4n) is 1.88. The summed E-state index contributed by atoms with van der Waals surface area (Å²) in [7, 11) is 0. The molecule has 1 aliphatic heterocycles. The third kappa shape index (κ3) is 2.30. The monoisotopic (exact) mass is 245 g/mol. The van der Waals surface area contributed by atoms with Crippen molar-refractivity contribution < 1.29 is 4.39 Å². The summed E-state index contributed by atoms with van der Waals surface area (Å²) in [5.74, 6) is 0.460. The summed E-state index contributed by atoms with van der Waals surface area (Å²) in [6.07, 6.45) is 0.872. The van der Waals surface area contributed by atoms with E-state index in [0.717, 1.165) is 17.5 Å². The molecule has 0 aliphatic carbocycles. The molecule has 2 N–H and O–H groups in total. The first-order valence-electron chi connectivity index (χ1n) is 4.93. The van der Waals surface area contributed by atoms with Gasteiger partial charge in [-0.3, -0.25) is 0 Å². The Morgan fingerprint density at radius 3 is 3.00 bits per heavy atom. The lowest BCUT2D eigenvalue weighted by Crippen LogP contribution is -2.14. The molecule has 1 aromatic rings. The Balaban J connectivity index is 2.48. The van der Waals surface area contributed by atoms with Gasteiger partial charge in [-0.1, -0.05) is 18.5 Å². The molecule has 0 radical (unpaired) electrons. The number of fused-ring (bicyclic) bond motifs is 1. The second-order valence-corrected chi connectivity index (χ2v) is 5.78. The van der Waals surface area contributed by atoms with Crippen LogP contribution in [0.3, 0.4) is 0 Å². The second kappa shape index (κ2) is 4.32. The highest BCUT2D eigenvalue weighted by Gasteiger charge is 2.22. The van der Waals surface area contributed by atoms with Crippen molar-refractivity contribution in [3.05, 3.63) is 34.1 Å². The van der Waals surface area contributed by atoms with Gasteiger partial charge in [0.05, 0.1) is 0 Å². The molecule has 0 spiro atoms. The van der Waals surface area contributed by atoms with Crippen LogP contribution in [0.4, 0.5) is 4.39 Å². The third-order valence-electron chi connectivity index (χ3n) is 2.69. The standard InChI is InChI=1S/C11H13ClFNS/c1-6-2-11(14)8-3-7(12)4-10(13)9(8)5-15-6/h3-4,6,11H,2,5,14H2,1H3. The Morgan fingerprint density at radius 1 is 1.53 bits per heavy atom. The van der Waals surface area contributed by atoms with E-state index in [1.165, 1.54) is 6.07 Å². The molecule has 0 saturated heterocycles. The SMILES string of the molecule is CC1CC(N)c2cc(Cl)cc(F)c2CS1.